The van der Waals surface area contributed by atoms with E-state index in [0.717, 1.165) is 19.3 Å². The fourth-order valence-electron chi connectivity index (χ4n) is 2.97. The van der Waals surface area contributed by atoms with Crippen LogP contribution in [0.4, 0.5) is 0 Å². The first kappa shape index (κ1) is 18.0. The van der Waals surface area contributed by atoms with E-state index in [1.807, 2.05) is 0 Å². The average molecular weight is 445 g/mol. The van der Waals surface area contributed by atoms with E-state index in [0.29, 0.717) is 11.2 Å². The van der Waals surface area contributed by atoms with Crippen LogP contribution in [0.25, 0.3) is 0 Å². The molecule has 3 nitrogen and oxygen atoms in total. The van der Waals surface area contributed by atoms with E-state index in [1.54, 1.807) is 11.1 Å². The lowest BCUT2D eigenvalue weighted by molar-refractivity contribution is -0.103. The summed E-state index contributed by atoms with van der Waals surface area (Å²) in [6.45, 7) is 2.13. The van der Waals surface area contributed by atoms with Crippen LogP contribution in [0.15, 0.2) is 16.8 Å². The molecule has 0 spiro atoms. The molecule has 2 aliphatic heterocycles. The lowest BCUT2D eigenvalue weighted by Gasteiger charge is -2.34. The van der Waals surface area contributed by atoms with Crippen LogP contribution in [-0.2, 0) is 9.47 Å². The third kappa shape index (κ3) is 4.81. The number of fused-ring (bicyclic) bond motifs is 1. The van der Waals surface area contributed by atoms with E-state index in [1.165, 1.54) is 0 Å². The van der Waals surface area contributed by atoms with Crippen molar-refractivity contribution in [2.45, 2.75) is 73.3 Å². The number of allylic oxidation sites excluding steroid dienone is 1. The number of ether oxygens (including phenoxy) is 2. The van der Waals surface area contributed by atoms with Crippen molar-refractivity contribution in [2.24, 2.45) is 0 Å². The minimum Gasteiger partial charge on any atom is -0.390 e. The molecule has 0 aromatic carbocycles. The van der Waals surface area contributed by atoms with Crippen molar-refractivity contribution in [1.29, 1.82) is 0 Å². The minimum absolute atomic E-state index is 0.0728. The van der Waals surface area contributed by atoms with Gasteiger partial charge in [0.05, 0.1) is 35.9 Å². The molecule has 21 heavy (non-hydrogen) atoms. The molecule has 7 atom stereocenters. The van der Waals surface area contributed by atoms with E-state index < -0.39 is 6.10 Å². The van der Waals surface area contributed by atoms with Gasteiger partial charge in [-0.15, -0.1) is 17.3 Å². The van der Waals surface area contributed by atoms with Crippen LogP contribution in [-0.4, -0.2) is 45.8 Å². The van der Waals surface area contributed by atoms with Crippen molar-refractivity contribution < 1.29 is 14.6 Å². The molecule has 120 valence electrons. The second-order valence-electron chi connectivity index (χ2n) is 5.58. The van der Waals surface area contributed by atoms with Crippen LogP contribution in [0.1, 0.15) is 32.6 Å². The van der Waals surface area contributed by atoms with Crippen LogP contribution in [0.3, 0.4) is 0 Å². The van der Waals surface area contributed by atoms with Crippen LogP contribution in [0.2, 0.25) is 0 Å². The third-order valence-corrected chi connectivity index (χ3v) is 5.61. The molecule has 0 amide bonds. The molecule has 0 saturated carbocycles. The van der Waals surface area contributed by atoms with E-state index in [-0.39, 0.29) is 29.8 Å². The standard InChI is InChI=1S/C15H21Br2ClO3/c1-2-12-10(17)7-14-15(20-12)8-13(21-14)11(19)6-9(18)4-3-5-16/h4-5,9-15,19H,2,6-8H2,1H3/t3?,9?,10-,11?,12+,13+,14-,15-/m1/s1. The summed E-state index contributed by atoms with van der Waals surface area (Å²) in [6, 6.07) is 0. The van der Waals surface area contributed by atoms with E-state index >= 15 is 0 Å². The number of aliphatic hydroxyl groups excluding tert-OH is 1. The summed E-state index contributed by atoms with van der Waals surface area (Å²) in [4.78, 5) is 1.94. The van der Waals surface area contributed by atoms with Gasteiger partial charge in [0.1, 0.15) is 0 Å². The molecule has 2 fully saturated rings. The summed E-state index contributed by atoms with van der Waals surface area (Å²) >= 11 is 12.9. The summed E-state index contributed by atoms with van der Waals surface area (Å²) in [7, 11) is 0. The van der Waals surface area contributed by atoms with Crippen LogP contribution in [0, 0.1) is 0 Å². The van der Waals surface area contributed by atoms with Gasteiger partial charge in [-0.1, -0.05) is 38.8 Å². The Hall–Kier alpha value is 0.650. The molecule has 0 aliphatic carbocycles. The zero-order valence-corrected chi connectivity index (χ0v) is 15.9. The molecule has 0 bridgehead atoms. The lowest BCUT2D eigenvalue weighted by Crippen LogP contribution is -2.42. The van der Waals surface area contributed by atoms with Crippen molar-refractivity contribution in [2.75, 3.05) is 0 Å². The van der Waals surface area contributed by atoms with Crippen molar-refractivity contribution in [3.05, 3.63) is 16.8 Å². The minimum atomic E-state index is -0.580. The predicted octanol–water partition coefficient (Wildman–Crippen LogP) is 3.90. The number of hydrogen-bond donors (Lipinski definition) is 1. The zero-order valence-electron chi connectivity index (χ0n) is 11.9. The van der Waals surface area contributed by atoms with Gasteiger partial charge in [0.15, 0.2) is 0 Å². The number of alkyl halides is 2. The molecule has 6 heteroatoms. The Morgan fingerprint density at radius 3 is 2.76 bits per heavy atom. The molecule has 2 aliphatic rings. The Bertz CT molecular complexity index is 400. The Morgan fingerprint density at radius 2 is 2.10 bits per heavy atom. The number of hydrogen-bond acceptors (Lipinski definition) is 3. The smallest absolute Gasteiger partial charge is 0.0867 e. The van der Waals surface area contributed by atoms with Gasteiger partial charge < -0.3 is 14.6 Å². The van der Waals surface area contributed by atoms with Gasteiger partial charge in [-0.2, -0.15) is 0 Å². The lowest BCUT2D eigenvalue weighted by atomic mass is 9.97. The second-order valence-corrected chi connectivity index (χ2v) is 7.78. The largest absolute Gasteiger partial charge is 0.390 e. The topological polar surface area (TPSA) is 38.7 Å². The summed E-state index contributed by atoms with van der Waals surface area (Å²) < 4.78 is 12.1. The fourth-order valence-corrected chi connectivity index (χ4v) is 4.25. The summed E-state index contributed by atoms with van der Waals surface area (Å²) in [5.41, 5.74) is 2.86. The Balaban J connectivity index is 1.88. The van der Waals surface area contributed by atoms with Crippen molar-refractivity contribution >= 4 is 43.5 Å². The molecule has 2 heterocycles. The highest BCUT2D eigenvalue weighted by Gasteiger charge is 2.45. The Morgan fingerprint density at radius 1 is 1.38 bits per heavy atom. The van der Waals surface area contributed by atoms with Gasteiger partial charge in [-0.25, -0.2) is 0 Å². The highest BCUT2D eigenvalue weighted by Crippen LogP contribution is 2.37. The summed E-state index contributed by atoms with van der Waals surface area (Å²) in [5.74, 6) is 0. The first-order valence-corrected chi connectivity index (χ1v) is 9.60. The monoisotopic (exact) mass is 442 g/mol. The molecular formula is C15H21Br2ClO3. The molecule has 0 aromatic rings. The number of rotatable bonds is 5. The second kappa shape index (κ2) is 8.49. The van der Waals surface area contributed by atoms with Gasteiger partial charge in [-0.05, 0) is 25.3 Å². The van der Waals surface area contributed by atoms with E-state index in [2.05, 4.69) is 44.5 Å². The molecule has 0 radical (unpaired) electrons. The van der Waals surface area contributed by atoms with Crippen molar-refractivity contribution in [3.63, 3.8) is 0 Å². The highest BCUT2D eigenvalue weighted by molar-refractivity contribution is 9.11. The molecule has 2 saturated heterocycles. The average Bonchev–Trinajstić information content (AvgIpc) is 2.86. The first-order valence-electron chi connectivity index (χ1n) is 7.33. The predicted molar refractivity (Wildman–Crippen MR) is 91.4 cm³/mol. The van der Waals surface area contributed by atoms with Gasteiger partial charge in [0.2, 0.25) is 0 Å². The summed E-state index contributed by atoms with van der Waals surface area (Å²) in [5, 5.41) is 10.1. The van der Waals surface area contributed by atoms with Crippen molar-refractivity contribution in [3.8, 4) is 0 Å². The molecule has 2 unspecified atom stereocenters. The normalized spacial score (nSPS) is 38.2. The maximum absolute atomic E-state index is 10.3. The van der Waals surface area contributed by atoms with Crippen LogP contribution in [0.5, 0.6) is 0 Å². The quantitative estimate of drug-likeness (QED) is 0.516. The number of halogens is 3. The molecule has 1 N–H and O–H groups in total. The third-order valence-electron chi connectivity index (χ3n) is 4.08. The zero-order chi connectivity index (χ0) is 15.4. The van der Waals surface area contributed by atoms with Crippen LogP contribution >= 0.6 is 43.5 Å². The first-order chi connectivity index (χ1) is 10.0. The molecule has 2 rings (SSSR count). The van der Waals surface area contributed by atoms with E-state index in [9.17, 15) is 5.11 Å². The molecule has 0 aromatic heterocycles. The van der Waals surface area contributed by atoms with Gasteiger partial charge in [-0.3, -0.25) is 0 Å². The highest BCUT2D eigenvalue weighted by atomic mass is 79.9. The fraction of sp³-hybridized carbons (Fsp3) is 0.800. The van der Waals surface area contributed by atoms with Crippen LogP contribution < -0.4 is 0 Å². The summed E-state index contributed by atoms with van der Waals surface area (Å²) in [6.07, 6.45) is 4.46. The molecular weight excluding hydrogens is 423 g/mol. The SMILES string of the molecule is CC[C@@H]1O[C@@H]2C[C@@H](C(O)CC(Cl)C=C=CBr)O[C@@H]2C[C@H]1Br. The maximum atomic E-state index is 10.3. The Labute approximate surface area is 148 Å². The van der Waals surface area contributed by atoms with Crippen molar-refractivity contribution in [1.82, 2.24) is 0 Å². The van der Waals surface area contributed by atoms with Gasteiger partial charge in [0.25, 0.3) is 0 Å². The van der Waals surface area contributed by atoms with Gasteiger partial charge in [0, 0.05) is 16.2 Å². The van der Waals surface area contributed by atoms with E-state index in [4.69, 9.17) is 21.1 Å². The Kier molecular flexibility index (Phi) is 7.27. The maximum Gasteiger partial charge on any atom is 0.0867 e. The van der Waals surface area contributed by atoms with Gasteiger partial charge >= 0.3 is 0 Å². The number of aliphatic hydroxyl groups is 1.